The minimum atomic E-state index is 0.268. The fourth-order valence-electron chi connectivity index (χ4n) is 1.93. The smallest absolute Gasteiger partial charge is 0.0472 e. The quantitative estimate of drug-likeness (QED) is 0.784. The van der Waals surface area contributed by atoms with Crippen LogP contribution in [-0.4, -0.2) is 18.3 Å². The molecule has 2 N–H and O–H groups in total. The Morgan fingerprint density at radius 2 is 2.36 bits per heavy atom. The molecule has 0 saturated carbocycles. The maximum atomic E-state index is 9.02. The van der Waals surface area contributed by atoms with Crippen LogP contribution >= 0.6 is 11.6 Å². The molecule has 0 bridgehead atoms. The maximum Gasteiger partial charge on any atom is 0.0472 e. The third-order valence-corrected chi connectivity index (χ3v) is 2.97. The molecule has 1 saturated heterocycles. The van der Waals surface area contributed by atoms with E-state index in [0.717, 1.165) is 18.0 Å². The van der Waals surface area contributed by atoms with Crippen LogP contribution in [0.25, 0.3) is 0 Å². The van der Waals surface area contributed by atoms with E-state index in [-0.39, 0.29) is 6.61 Å². The summed E-state index contributed by atoms with van der Waals surface area (Å²) in [6.07, 6.45) is 0.997. The van der Waals surface area contributed by atoms with Crippen LogP contribution in [0.5, 0.6) is 0 Å². The average molecular weight is 212 g/mol. The standard InChI is InChI=1S/C11H14ClNO/c12-10-3-1-2-9(5-10)11-4-8(7-14)6-13-11/h1-3,5,8,11,13-14H,4,6-7H2. The van der Waals surface area contributed by atoms with Crippen molar-refractivity contribution in [1.29, 1.82) is 0 Å². The Kier molecular flexibility index (Phi) is 3.06. The minimum absolute atomic E-state index is 0.268. The number of hydrogen-bond donors (Lipinski definition) is 2. The van der Waals surface area contributed by atoms with Crippen LogP contribution in [0.4, 0.5) is 0 Å². The molecule has 2 unspecified atom stereocenters. The lowest BCUT2D eigenvalue weighted by atomic mass is 10.0. The van der Waals surface area contributed by atoms with E-state index >= 15 is 0 Å². The molecule has 1 fully saturated rings. The lowest BCUT2D eigenvalue weighted by Gasteiger charge is -2.10. The van der Waals surface area contributed by atoms with Gasteiger partial charge in [0, 0.05) is 24.2 Å². The van der Waals surface area contributed by atoms with Crippen molar-refractivity contribution in [1.82, 2.24) is 5.32 Å². The summed E-state index contributed by atoms with van der Waals surface area (Å²) in [5, 5.41) is 13.2. The number of benzene rings is 1. The zero-order valence-electron chi connectivity index (χ0n) is 7.91. The van der Waals surface area contributed by atoms with Gasteiger partial charge in [0.05, 0.1) is 0 Å². The number of hydrogen-bond acceptors (Lipinski definition) is 2. The van der Waals surface area contributed by atoms with Crippen molar-refractivity contribution in [3.8, 4) is 0 Å². The third kappa shape index (κ3) is 2.08. The van der Waals surface area contributed by atoms with Crippen molar-refractivity contribution < 1.29 is 5.11 Å². The lowest BCUT2D eigenvalue weighted by Crippen LogP contribution is -2.14. The Hall–Kier alpha value is -0.570. The Morgan fingerprint density at radius 3 is 3.00 bits per heavy atom. The summed E-state index contributed by atoms with van der Waals surface area (Å²) in [5.74, 6) is 0.388. The molecule has 0 radical (unpaired) electrons. The van der Waals surface area contributed by atoms with Crippen molar-refractivity contribution in [2.75, 3.05) is 13.2 Å². The van der Waals surface area contributed by atoms with Crippen LogP contribution in [0.3, 0.4) is 0 Å². The second-order valence-corrected chi connectivity index (χ2v) is 4.24. The van der Waals surface area contributed by atoms with Crippen LogP contribution in [0.15, 0.2) is 24.3 Å². The van der Waals surface area contributed by atoms with Gasteiger partial charge in [0.2, 0.25) is 0 Å². The summed E-state index contributed by atoms with van der Waals surface area (Å²) in [6, 6.07) is 8.25. The molecule has 0 spiro atoms. The van der Waals surface area contributed by atoms with Gasteiger partial charge in [-0.3, -0.25) is 0 Å². The second-order valence-electron chi connectivity index (χ2n) is 3.80. The largest absolute Gasteiger partial charge is 0.396 e. The van der Waals surface area contributed by atoms with Crippen molar-refractivity contribution in [2.24, 2.45) is 5.92 Å². The molecular formula is C11H14ClNO. The van der Waals surface area contributed by atoms with Gasteiger partial charge in [-0.1, -0.05) is 23.7 Å². The first-order valence-electron chi connectivity index (χ1n) is 4.89. The van der Waals surface area contributed by atoms with Gasteiger partial charge in [-0.05, 0) is 30.0 Å². The average Bonchev–Trinajstić information content (AvgIpc) is 2.66. The first-order valence-corrected chi connectivity index (χ1v) is 5.27. The van der Waals surface area contributed by atoms with Crippen molar-refractivity contribution in [3.63, 3.8) is 0 Å². The Morgan fingerprint density at radius 1 is 1.50 bits per heavy atom. The first kappa shape index (κ1) is 9.97. The zero-order chi connectivity index (χ0) is 9.97. The number of aliphatic hydroxyl groups is 1. The molecule has 1 aliphatic heterocycles. The highest BCUT2D eigenvalue weighted by Gasteiger charge is 2.24. The lowest BCUT2D eigenvalue weighted by molar-refractivity contribution is 0.236. The normalized spacial score (nSPS) is 26.7. The highest BCUT2D eigenvalue weighted by molar-refractivity contribution is 6.30. The van der Waals surface area contributed by atoms with Gasteiger partial charge in [-0.25, -0.2) is 0 Å². The van der Waals surface area contributed by atoms with Gasteiger partial charge >= 0.3 is 0 Å². The van der Waals surface area contributed by atoms with Gasteiger partial charge in [0.1, 0.15) is 0 Å². The van der Waals surface area contributed by atoms with E-state index in [1.807, 2.05) is 18.2 Å². The van der Waals surface area contributed by atoms with Crippen LogP contribution < -0.4 is 5.32 Å². The molecule has 1 aromatic carbocycles. The molecule has 1 aliphatic rings. The molecule has 1 heterocycles. The number of halogens is 1. The second kappa shape index (κ2) is 4.30. The molecule has 14 heavy (non-hydrogen) atoms. The maximum absolute atomic E-state index is 9.02. The van der Waals surface area contributed by atoms with Crippen molar-refractivity contribution >= 4 is 11.6 Å². The fourth-order valence-corrected chi connectivity index (χ4v) is 2.12. The van der Waals surface area contributed by atoms with Crippen LogP contribution in [0, 0.1) is 5.92 Å². The van der Waals surface area contributed by atoms with Crippen molar-refractivity contribution in [2.45, 2.75) is 12.5 Å². The van der Waals surface area contributed by atoms with Crippen LogP contribution in [0.2, 0.25) is 5.02 Å². The first-order chi connectivity index (χ1) is 6.79. The topological polar surface area (TPSA) is 32.3 Å². The number of nitrogens with one attached hydrogen (secondary N) is 1. The van der Waals surface area contributed by atoms with E-state index in [2.05, 4.69) is 11.4 Å². The fraction of sp³-hybridized carbons (Fsp3) is 0.455. The molecule has 0 aromatic heterocycles. The monoisotopic (exact) mass is 211 g/mol. The predicted molar refractivity (Wildman–Crippen MR) is 57.4 cm³/mol. The minimum Gasteiger partial charge on any atom is -0.396 e. The van der Waals surface area contributed by atoms with Gasteiger partial charge in [-0.15, -0.1) is 0 Å². The van der Waals surface area contributed by atoms with E-state index in [0.29, 0.717) is 12.0 Å². The summed E-state index contributed by atoms with van der Waals surface area (Å²) in [4.78, 5) is 0. The molecule has 2 nitrogen and oxygen atoms in total. The van der Waals surface area contributed by atoms with E-state index in [1.165, 1.54) is 5.56 Å². The van der Waals surface area contributed by atoms with Crippen LogP contribution in [0.1, 0.15) is 18.0 Å². The Balaban J connectivity index is 2.09. The zero-order valence-corrected chi connectivity index (χ0v) is 8.67. The molecule has 2 atom stereocenters. The molecule has 0 aliphatic carbocycles. The van der Waals surface area contributed by atoms with Gasteiger partial charge in [-0.2, -0.15) is 0 Å². The molecular weight excluding hydrogens is 198 g/mol. The van der Waals surface area contributed by atoms with Gasteiger partial charge < -0.3 is 10.4 Å². The molecule has 2 rings (SSSR count). The molecule has 76 valence electrons. The summed E-state index contributed by atoms with van der Waals surface area (Å²) in [6.45, 7) is 1.16. The number of rotatable bonds is 2. The van der Waals surface area contributed by atoms with E-state index in [9.17, 15) is 0 Å². The summed E-state index contributed by atoms with van der Waals surface area (Å²) in [5.41, 5.74) is 1.22. The van der Waals surface area contributed by atoms with Gasteiger partial charge in [0.15, 0.2) is 0 Å². The summed E-state index contributed by atoms with van der Waals surface area (Å²) < 4.78 is 0. The Bertz CT molecular complexity index is 316. The van der Waals surface area contributed by atoms with Crippen LogP contribution in [-0.2, 0) is 0 Å². The van der Waals surface area contributed by atoms with Gasteiger partial charge in [0.25, 0.3) is 0 Å². The summed E-state index contributed by atoms with van der Waals surface area (Å²) >= 11 is 5.92. The predicted octanol–water partition coefficient (Wildman–Crippen LogP) is 1.98. The SMILES string of the molecule is OCC1CNC(c2cccc(Cl)c2)C1. The third-order valence-electron chi connectivity index (χ3n) is 2.73. The highest BCUT2D eigenvalue weighted by atomic mass is 35.5. The van der Waals surface area contributed by atoms with E-state index < -0.39 is 0 Å². The Labute approximate surface area is 88.9 Å². The molecule has 1 aromatic rings. The van der Waals surface area contributed by atoms with E-state index in [1.54, 1.807) is 0 Å². The molecule has 3 heteroatoms. The summed E-state index contributed by atoms with van der Waals surface area (Å²) in [7, 11) is 0. The van der Waals surface area contributed by atoms with Crippen molar-refractivity contribution in [3.05, 3.63) is 34.9 Å². The highest BCUT2D eigenvalue weighted by Crippen LogP contribution is 2.28. The molecule has 0 amide bonds. The van der Waals surface area contributed by atoms with E-state index in [4.69, 9.17) is 16.7 Å². The number of aliphatic hydroxyl groups excluding tert-OH is 1.